The van der Waals surface area contributed by atoms with Gasteiger partial charge in [-0.15, -0.1) is 78.9 Å². The summed E-state index contributed by atoms with van der Waals surface area (Å²) in [7, 11) is 0. The Hall–Kier alpha value is -3.45. The normalized spacial score (nSPS) is 7.58. The molecule has 0 aliphatic heterocycles. The number of hydrogen-bond acceptors (Lipinski definition) is 6. The number of anilines is 1. The van der Waals surface area contributed by atoms with Crippen LogP contribution in [0.4, 0.5) is 5.69 Å². The number of aryl methyl sites for hydroxylation is 1. The molecule has 1 aromatic carbocycles. The summed E-state index contributed by atoms with van der Waals surface area (Å²) in [6.45, 7) is 49.1. The maximum atomic E-state index is 11.4. The number of rotatable bonds is 13. The van der Waals surface area contributed by atoms with E-state index >= 15 is 0 Å². The Morgan fingerprint density at radius 2 is 1.16 bits per heavy atom. The third-order valence-corrected chi connectivity index (χ3v) is 4.24. The van der Waals surface area contributed by atoms with Gasteiger partial charge in [-0.2, -0.15) is 0 Å². The van der Waals surface area contributed by atoms with Crippen LogP contribution in [0.25, 0.3) is 0 Å². The van der Waals surface area contributed by atoms with Crippen molar-refractivity contribution in [2.45, 2.75) is 79.2 Å². The summed E-state index contributed by atoms with van der Waals surface area (Å²) >= 11 is 0. The molecule has 0 bridgehead atoms. The van der Waals surface area contributed by atoms with Gasteiger partial charge in [-0.25, -0.2) is 4.79 Å². The van der Waals surface area contributed by atoms with Crippen LogP contribution in [0, 0.1) is 0 Å². The van der Waals surface area contributed by atoms with Gasteiger partial charge in [0.15, 0.2) is 0 Å². The van der Waals surface area contributed by atoms with Gasteiger partial charge in [-0.1, -0.05) is 57.7 Å². The van der Waals surface area contributed by atoms with Gasteiger partial charge in [0, 0.05) is 30.0 Å². The molecule has 0 radical (unpaired) electrons. The van der Waals surface area contributed by atoms with E-state index in [2.05, 4.69) is 98.5 Å². The molecule has 0 heterocycles. The predicted molar refractivity (Wildman–Crippen MR) is 196 cm³/mol. The Morgan fingerprint density at radius 3 is 1.51 bits per heavy atom. The lowest BCUT2D eigenvalue weighted by Crippen LogP contribution is -2.06. The molecule has 0 fully saturated rings. The maximum Gasteiger partial charge on any atom is 0.333 e. The molecule has 6 heteroatoms. The number of ether oxygens (including phenoxy) is 2. The van der Waals surface area contributed by atoms with Crippen molar-refractivity contribution in [3.8, 4) is 0 Å². The van der Waals surface area contributed by atoms with E-state index in [1.807, 2.05) is 26.0 Å². The molecule has 1 rings (SSSR count). The molecule has 0 aliphatic carbocycles. The Kier molecular flexibility index (Phi) is 91.6. The average Bonchev–Trinajstić information content (AvgIpc) is 3.08. The molecule has 6 nitrogen and oxygen atoms in total. The summed E-state index contributed by atoms with van der Waals surface area (Å²) in [5, 5.41) is 15.2. The number of hydrogen-bond donors (Lipinski definition) is 3. The molecule has 4 N–H and O–H groups in total. The van der Waals surface area contributed by atoms with Crippen LogP contribution in [0.3, 0.4) is 0 Å². The van der Waals surface area contributed by atoms with E-state index in [1.54, 1.807) is 6.92 Å². The Balaban J connectivity index is -0.0000000803. The molecular weight excluding hydrogens is 538 g/mol. The molecule has 252 valence electrons. The van der Waals surface area contributed by atoms with Crippen molar-refractivity contribution < 1.29 is 24.5 Å². The summed E-state index contributed by atoms with van der Waals surface area (Å²) in [6.07, 6.45) is 8.77. The molecule has 0 amide bonds. The highest BCUT2D eigenvalue weighted by molar-refractivity contribution is 5.86. The van der Waals surface area contributed by atoms with E-state index in [9.17, 15) is 4.79 Å². The van der Waals surface area contributed by atoms with Gasteiger partial charge in [0.2, 0.25) is 0 Å². The minimum Gasteiger partial charge on any atom is -0.457 e. The van der Waals surface area contributed by atoms with Crippen molar-refractivity contribution in [1.29, 1.82) is 0 Å². The summed E-state index contributed by atoms with van der Waals surface area (Å²) in [4.78, 5) is 11.4. The SMILES string of the molecule is C=C.C=C.C=C.C=C.C=C.C=C.C=C(C)C(=O)OCc1cc(CCCCCCCC)ccc1N.CCOCC.OCCO. The number of aliphatic hydroxyl groups excluding tert-OH is 2. The zero-order valence-electron chi connectivity index (χ0n) is 28.6. The molecule has 0 unspecified atom stereocenters. The topological polar surface area (TPSA) is 102 Å². The number of benzene rings is 1. The van der Waals surface area contributed by atoms with Crippen molar-refractivity contribution in [3.63, 3.8) is 0 Å². The fourth-order valence-electron chi connectivity index (χ4n) is 2.52. The number of carbonyl (C=O) groups excluding carboxylic acids is 1. The van der Waals surface area contributed by atoms with Crippen LogP contribution in [0.1, 0.15) is 77.3 Å². The summed E-state index contributed by atoms with van der Waals surface area (Å²) < 4.78 is 10.0. The molecular formula is C37H69NO5. The summed E-state index contributed by atoms with van der Waals surface area (Å²) in [5.74, 6) is -0.374. The first-order valence-corrected chi connectivity index (χ1v) is 14.4. The van der Waals surface area contributed by atoms with Crippen LogP contribution in [0.15, 0.2) is 109 Å². The first-order valence-electron chi connectivity index (χ1n) is 14.4. The second kappa shape index (κ2) is 66.7. The quantitative estimate of drug-likeness (QED) is 0.0678. The Morgan fingerprint density at radius 1 is 0.744 bits per heavy atom. The summed E-state index contributed by atoms with van der Waals surface area (Å²) in [5.41, 5.74) is 9.15. The highest BCUT2D eigenvalue weighted by Crippen LogP contribution is 2.18. The third-order valence-electron chi connectivity index (χ3n) is 4.24. The molecule has 0 aromatic heterocycles. The van der Waals surface area contributed by atoms with Crippen LogP contribution < -0.4 is 5.73 Å². The van der Waals surface area contributed by atoms with Crippen molar-refractivity contribution in [1.82, 2.24) is 0 Å². The van der Waals surface area contributed by atoms with Crippen molar-refractivity contribution in [2.24, 2.45) is 0 Å². The van der Waals surface area contributed by atoms with E-state index < -0.39 is 0 Å². The zero-order chi connectivity index (χ0) is 35.9. The molecule has 43 heavy (non-hydrogen) atoms. The number of unbranched alkanes of at least 4 members (excludes halogenated alkanes) is 5. The second-order valence-corrected chi connectivity index (χ2v) is 7.14. The van der Waals surface area contributed by atoms with Crippen molar-refractivity contribution >= 4 is 11.7 Å². The smallest absolute Gasteiger partial charge is 0.333 e. The standard InChI is InChI=1S/C19H29NO2.C4H10O.C2H6O2.6C2H4/c1-4-5-6-7-8-9-10-16-11-12-18(20)17(13-16)14-22-19(21)15(2)3;1-3-5-4-2;3-1-2-4;6*1-2/h11-13H,2,4-10,14,20H2,1,3H3;3-4H2,1-2H3;3-4H,1-2H2;6*1-2H2. The minimum atomic E-state index is -0.374. The third kappa shape index (κ3) is 59.0. The largest absolute Gasteiger partial charge is 0.457 e. The lowest BCUT2D eigenvalue weighted by molar-refractivity contribution is -0.140. The number of esters is 1. The molecule has 1 aromatic rings. The first-order chi connectivity index (χ1) is 20.9. The van der Waals surface area contributed by atoms with Crippen LogP contribution in [0.5, 0.6) is 0 Å². The Bertz CT molecular complexity index is 645. The van der Waals surface area contributed by atoms with Gasteiger partial charge in [0.05, 0.1) is 13.2 Å². The molecule has 0 aliphatic rings. The van der Waals surface area contributed by atoms with Gasteiger partial charge in [0.1, 0.15) is 6.61 Å². The van der Waals surface area contributed by atoms with Gasteiger partial charge in [-0.05, 0) is 45.2 Å². The first kappa shape index (κ1) is 59.0. The fourth-order valence-corrected chi connectivity index (χ4v) is 2.52. The lowest BCUT2D eigenvalue weighted by atomic mass is 10.0. The van der Waals surface area contributed by atoms with Gasteiger partial charge >= 0.3 is 5.97 Å². The van der Waals surface area contributed by atoms with E-state index in [1.165, 1.54) is 44.1 Å². The number of aliphatic hydroxyl groups is 2. The predicted octanol–water partition coefficient (Wildman–Crippen LogP) is 9.62. The van der Waals surface area contributed by atoms with E-state index in [-0.39, 0.29) is 25.8 Å². The number of carbonyl (C=O) groups is 1. The molecule has 0 saturated heterocycles. The maximum absolute atomic E-state index is 11.4. The van der Waals surface area contributed by atoms with Crippen LogP contribution in [-0.2, 0) is 27.3 Å². The zero-order valence-corrected chi connectivity index (χ0v) is 28.6. The monoisotopic (exact) mass is 608 g/mol. The van der Waals surface area contributed by atoms with Gasteiger partial charge in [-0.3, -0.25) is 0 Å². The molecule has 0 spiro atoms. The molecule has 0 atom stereocenters. The van der Waals surface area contributed by atoms with Gasteiger partial charge < -0.3 is 25.4 Å². The highest BCUT2D eigenvalue weighted by Gasteiger charge is 2.07. The van der Waals surface area contributed by atoms with Crippen molar-refractivity contribution in [3.05, 3.63) is 120 Å². The van der Waals surface area contributed by atoms with E-state index in [4.69, 9.17) is 25.4 Å². The number of nitrogen functional groups attached to an aromatic ring is 1. The molecule has 0 saturated carbocycles. The minimum absolute atomic E-state index is 0.125. The number of nitrogens with two attached hydrogens (primary N) is 1. The lowest BCUT2D eigenvalue weighted by Gasteiger charge is -2.10. The van der Waals surface area contributed by atoms with Crippen LogP contribution in [0.2, 0.25) is 0 Å². The van der Waals surface area contributed by atoms with Crippen molar-refractivity contribution in [2.75, 3.05) is 32.2 Å². The van der Waals surface area contributed by atoms with E-state index in [0.717, 1.165) is 25.2 Å². The average molecular weight is 608 g/mol. The fraction of sp³-hybridized carbons (Fsp3) is 0.432. The van der Waals surface area contributed by atoms with Gasteiger partial charge in [0.25, 0.3) is 0 Å². The second-order valence-electron chi connectivity index (χ2n) is 7.14. The summed E-state index contributed by atoms with van der Waals surface area (Å²) in [6, 6.07) is 6.01. The van der Waals surface area contributed by atoms with Crippen LogP contribution >= 0.6 is 0 Å². The van der Waals surface area contributed by atoms with E-state index in [0.29, 0.717) is 11.3 Å². The Labute approximate surface area is 267 Å². The highest BCUT2D eigenvalue weighted by atomic mass is 16.5. The van der Waals surface area contributed by atoms with Crippen LogP contribution in [-0.4, -0.2) is 42.6 Å².